The van der Waals surface area contributed by atoms with Crippen LogP contribution in [0.25, 0.3) is 0 Å². The summed E-state index contributed by atoms with van der Waals surface area (Å²) < 4.78 is 49.0. The zero-order chi connectivity index (χ0) is 18.0. The van der Waals surface area contributed by atoms with E-state index >= 15 is 0 Å². The fourth-order valence-corrected chi connectivity index (χ4v) is 2.67. The van der Waals surface area contributed by atoms with Crippen molar-refractivity contribution in [3.63, 3.8) is 0 Å². The summed E-state index contributed by atoms with van der Waals surface area (Å²) in [5.41, 5.74) is 0.915. The van der Waals surface area contributed by atoms with Gasteiger partial charge in [-0.2, -0.15) is 13.2 Å². The van der Waals surface area contributed by atoms with Gasteiger partial charge in [-0.1, -0.05) is 0 Å². The highest BCUT2D eigenvalue weighted by molar-refractivity contribution is 5.50. The lowest BCUT2D eigenvalue weighted by molar-refractivity contribution is -0.141. The fourth-order valence-electron chi connectivity index (χ4n) is 2.67. The first-order valence-electron chi connectivity index (χ1n) is 7.97. The van der Waals surface area contributed by atoms with E-state index in [-0.39, 0.29) is 11.9 Å². The molecule has 1 aromatic carbocycles. The quantitative estimate of drug-likeness (QED) is 0.885. The second-order valence-corrected chi connectivity index (χ2v) is 5.79. The molecule has 134 valence electrons. The maximum atomic E-state index is 12.5. The molecule has 5 nitrogen and oxygen atoms in total. The minimum atomic E-state index is -4.50. The van der Waals surface area contributed by atoms with Crippen molar-refractivity contribution >= 4 is 5.82 Å². The molecule has 3 rings (SSSR count). The molecule has 1 atom stereocenters. The number of nitrogens with one attached hydrogen (secondary N) is 1. The Bertz CT molecular complexity index is 748. The summed E-state index contributed by atoms with van der Waals surface area (Å²) in [7, 11) is 0. The van der Waals surface area contributed by atoms with Gasteiger partial charge in [-0.05, 0) is 38.1 Å². The molecular formula is C17H18F3N3O2. The van der Waals surface area contributed by atoms with Crippen molar-refractivity contribution in [2.45, 2.75) is 39.1 Å². The molecule has 1 unspecified atom stereocenters. The van der Waals surface area contributed by atoms with Crippen LogP contribution in [0.3, 0.4) is 0 Å². The summed E-state index contributed by atoms with van der Waals surface area (Å²) in [5, 5.41) is 9.73. The second-order valence-electron chi connectivity index (χ2n) is 5.79. The van der Waals surface area contributed by atoms with Crippen molar-refractivity contribution in [3.05, 3.63) is 41.1 Å². The van der Waals surface area contributed by atoms with Crippen LogP contribution in [0.15, 0.2) is 24.3 Å². The molecule has 25 heavy (non-hydrogen) atoms. The highest BCUT2D eigenvalue weighted by atomic mass is 19.4. The lowest BCUT2D eigenvalue weighted by atomic mass is 10.1. The number of hydrogen-bond acceptors (Lipinski definition) is 5. The molecule has 1 N–H and O–H groups in total. The number of rotatable bonds is 5. The van der Waals surface area contributed by atoms with E-state index in [0.29, 0.717) is 13.2 Å². The molecule has 1 aliphatic heterocycles. The third kappa shape index (κ3) is 3.94. The minimum Gasteiger partial charge on any atom is -0.494 e. The summed E-state index contributed by atoms with van der Waals surface area (Å²) in [6.45, 7) is 4.74. The Morgan fingerprint density at radius 1 is 1.28 bits per heavy atom. The molecule has 1 aliphatic rings. The SMILES string of the molecule is CCOc1cc2c(cc1CNc1ccc(C(F)(F)F)nn1)OC(C)C2. The number of aromatic nitrogens is 2. The predicted molar refractivity (Wildman–Crippen MR) is 85.8 cm³/mol. The Balaban J connectivity index is 1.75. The lowest BCUT2D eigenvalue weighted by Gasteiger charge is -2.13. The van der Waals surface area contributed by atoms with E-state index in [2.05, 4.69) is 15.5 Å². The van der Waals surface area contributed by atoms with E-state index in [0.717, 1.165) is 35.1 Å². The van der Waals surface area contributed by atoms with Crippen LogP contribution in [-0.2, 0) is 19.1 Å². The van der Waals surface area contributed by atoms with Gasteiger partial charge in [-0.25, -0.2) is 0 Å². The summed E-state index contributed by atoms with van der Waals surface area (Å²) >= 11 is 0. The zero-order valence-corrected chi connectivity index (χ0v) is 13.9. The van der Waals surface area contributed by atoms with Crippen molar-refractivity contribution in [3.8, 4) is 11.5 Å². The summed E-state index contributed by atoms with van der Waals surface area (Å²) in [5.74, 6) is 1.79. The van der Waals surface area contributed by atoms with Gasteiger partial charge in [0, 0.05) is 24.1 Å². The van der Waals surface area contributed by atoms with Gasteiger partial charge in [-0.15, -0.1) is 10.2 Å². The monoisotopic (exact) mass is 353 g/mol. The molecule has 0 radical (unpaired) electrons. The Hall–Kier alpha value is -2.51. The topological polar surface area (TPSA) is 56.3 Å². The lowest BCUT2D eigenvalue weighted by Crippen LogP contribution is -2.11. The Labute approximate surface area is 143 Å². The molecule has 0 saturated carbocycles. The zero-order valence-electron chi connectivity index (χ0n) is 13.9. The molecule has 1 aromatic heterocycles. The van der Waals surface area contributed by atoms with Gasteiger partial charge in [0.25, 0.3) is 0 Å². The first kappa shape index (κ1) is 17.3. The number of benzene rings is 1. The molecule has 0 aliphatic carbocycles. The van der Waals surface area contributed by atoms with Crippen LogP contribution in [0.5, 0.6) is 11.5 Å². The maximum absolute atomic E-state index is 12.5. The molecule has 0 spiro atoms. The molecule has 2 aromatic rings. The fraction of sp³-hybridized carbons (Fsp3) is 0.412. The van der Waals surface area contributed by atoms with Crippen molar-refractivity contribution in [1.82, 2.24) is 10.2 Å². The van der Waals surface area contributed by atoms with E-state index in [9.17, 15) is 13.2 Å². The number of fused-ring (bicyclic) bond motifs is 1. The number of hydrogen-bond donors (Lipinski definition) is 1. The molecule has 0 bridgehead atoms. The number of halogens is 3. The smallest absolute Gasteiger partial charge is 0.435 e. The standard InChI is InChI=1S/C17H18F3N3O2/c1-3-24-13-7-11-6-10(2)25-14(11)8-12(13)9-21-16-5-4-15(22-23-16)17(18,19)20/h4-5,7-8,10H,3,6,9H2,1-2H3,(H,21,23). The average Bonchev–Trinajstić information content (AvgIpc) is 2.91. The highest BCUT2D eigenvalue weighted by Gasteiger charge is 2.32. The average molecular weight is 353 g/mol. The van der Waals surface area contributed by atoms with E-state index in [1.54, 1.807) is 0 Å². The van der Waals surface area contributed by atoms with Crippen LogP contribution in [0.4, 0.5) is 19.0 Å². The van der Waals surface area contributed by atoms with Crippen molar-refractivity contribution < 1.29 is 22.6 Å². The van der Waals surface area contributed by atoms with Crippen LogP contribution in [0.2, 0.25) is 0 Å². The summed E-state index contributed by atoms with van der Waals surface area (Å²) in [4.78, 5) is 0. The van der Waals surface area contributed by atoms with E-state index in [4.69, 9.17) is 9.47 Å². The third-order valence-electron chi connectivity index (χ3n) is 3.79. The van der Waals surface area contributed by atoms with Gasteiger partial charge in [0.15, 0.2) is 5.69 Å². The van der Waals surface area contributed by atoms with Gasteiger partial charge < -0.3 is 14.8 Å². The third-order valence-corrected chi connectivity index (χ3v) is 3.79. The van der Waals surface area contributed by atoms with Gasteiger partial charge in [0.05, 0.1) is 6.61 Å². The number of anilines is 1. The van der Waals surface area contributed by atoms with E-state index in [1.165, 1.54) is 6.07 Å². The van der Waals surface area contributed by atoms with Crippen LogP contribution >= 0.6 is 0 Å². The van der Waals surface area contributed by atoms with Crippen molar-refractivity contribution in [2.75, 3.05) is 11.9 Å². The Morgan fingerprint density at radius 2 is 2.08 bits per heavy atom. The van der Waals surface area contributed by atoms with Crippen LogP contribution < -0.4 is 14.8 Å². The molecule has 0 amide bonds. The number of ether oxygens (including phenoxy) is 2. The number of nitrogens with zero attached hydrogens (tertiary/aromatic N) is 2. The Morgan fingerprint density at radius 3 is 2.72 bits per heavy atom. The maximum Gasteiger partial charge on any atom is 0.435 e. The van der Waals surface area contributed by atoms with Crippen LogP contribution in [-0.4, -0.2) is 22.9 Å². The van der Waals surface area contributed by atoms with E-state index < -0.39 is 11.9 Å². The van der Waals surface area contributed by atoms with E-state index in [1.807, 2.05) is 26.0 Å². The normalized spacial score (nSPS) is 16.3. The van der Waals surface area contributed by atoms with Crippen LogP contribution in [0.1, 0.15) is 30.7 Å². The van der Waals surface area contributed by atoms with Crippen molar-refractivity contribution in [1.29, 1.82) is 0 Å². The molecule has 0 fully saturated rings. The first-order chi connectivity index (χ1) is 11.9. The molecular weight excluding hydrogens is 335 g/mol. The minimum absolute atomic E-state index is 0.119. The molecule has 2 heterocycles. The summed E-state index contributed by atoms with van der Waals surface area (Å²) in [6, 6.07) is 6.00. The highest BCUT2D eigenvalue weighted by Crippen LogP contribution is 2.35. The predicted octanol–water partition coefficient (Wildman–Crippen LogP) is 3.83. The summed E-state index contributed by atoms with van der Waals surface area (Å²) in [6.07, 6.45) is -3.55. The number of alkyl halides is 3. The molecule has 8 heteroatoms. The van der Waals surface area contributed by atoms with Crippen molar-refractivity contribution in [2.24, 2.45) is 0 Å². The van der Waals surface area contributed by atoms with Gasteiger partial charge in [-0.3, -0.25) is 0 Å². The molecule has 0 saturated heterocycles. The Kier molecular flexibility index (Phi) is 4.69. The first-order valence-corrected chi connectivity index (χ1v) is 7.97. The van der Waals surface area contributed by atoms with Crippen LogP contribution in [0, 0.1) is 0 Å². The second kappa shape index (κ2) is 6.78. The van der Waals surface area contributed by atoms with Gasteiger partial charge in [0.2, 0.25) is 0 Å². The largest absolute Gasteiger partial charge is 0.494 e. The van der Waals surface area contributed by atoms with Gasteiger partial charge in [0.1, 0.15) is 23.4 Å². The van der Waals surface area contributed by atoms with Gasteiger partial charge >= 0.3 is 6.18 Å².